The van der Waals surface area contributed by atoms with Gasteiger partial charge in [0.2, 0.25) is 5.91 Å². The van der Waals surface area contributed by atoms with Crippen molar-refractivity contribution in [2.45, 2.75) is 31.8 Å². The molecule has 4 nitrogen and oxygen atoms in total. The summed E-state index contributed by atoms with van der Waals surface area (Å²) in [7, 11) is 0. The average molecular weight is 219 g/mol. The molecule has 16 heavy (non-hydrogen) atoms. The third kappa shape index (κ3) is 2.58. The molecular formula is C12H17N3O. The Kier molecular flexibility index (Phi) is 3.51. The van der Waals surface area contributed by atoms with Crippen molar-refractivity contribution in [3.8, 4) is 0 Å². The van der Waals surface area contributed by atoms with Crippen LogP contribution in [0.3, 0.4) is 0 Å². The van der Waals surface area contributed by atoms with E-state index in [-0.39, 0.29) is 11.9 Å². The number of primary amides is 1. The number of carbonyl (C=O) groups excluding carboxylic acids is 1. The monoisotopic (exact) mass is 219 g/mol. The third-order valence-electron chi connectivity index (χ3n) is 3.08. The third-order valence-corrected chi connectivity index (χ3v) is 3.08. The minimum Gasteiger partial charge on any atom is -0.368 e. The molecule has 1 aliphatic heterocycles. The van der Waals surface area contributed by atoms with Crippen molar-refractivity contribution in [1.29, 1.82) is 0 Å². The average Bonchev–Trinajstić information content (AvgIpc) is 2.31. The molecule has 1 saturated heterocycles. The van der Waals surface area contributed by atoms with Gasteiger partial charge in [-0.3, -0.25) is 14.7 Å². The molecule has 0 saturated carbocycles. The molecule has 0 radical (unpaired) electrons. The molecule has 1 atom stereocenters. The number of nitrogens with zero attached hydrogens (tertiary/aromatic N) is 2. The highest BCUT2D eigenvalue weighted by molar-refractivity contribution is 5.79. The largest absolute Gasteiger partial charge is 0.368 e. The maximum atomic E-state index is 11.3. The molecule has 4 heteroatoms. The van der Waals surface area contributed by atoms with Gasteiger partial charge in [0.05, 0.1) is 6.04 Å². The van der Waals surface area contributed by atoms with Crippen molar-refractivity contribution < 1.29 is 4.79 Å². The fourth-order valence-electron chi connectivity index (χ4n) is 2.23. The normalized spacial score (nSPS) is 21.9. The van der Waals surface area contributed by atoms with Gasteiger partial charge in [-0.2, -0.15) is 0 Å². The first-order valence-electron chi connectivity index (χ1n) is 5.69. The van der Waals surface area contributed by atoms with Crippen LogP contribution < -0.4 is 5.73 Å². The molecule has 1 amide bonds. The summed E-state index contributed by atoms with van der Waals surface area (Å²) in [5.74, 6) is -0.200. The summed E-state index contributed by atoms with van der Waals surface area (Å²) in [6.07, 6.45) is 6.69. The quantitative estimate of drug-likeness (QED) is 0.822. The lowest BCUT2D eigenvalue weighted by Crippen LogP contribution is -2.47. The Hall–Kier alpha value is -1.42. The predicted octanol–water partition coefficient (Wildman–Crippen LogP) is 0.921. The van der Waals surface area contributed by atoms with E-state index in [9.17, 15) is 4.79 Å². The smallest absolute Gasteiger partial charge is 0.234 e. The Morgan fingerprint density at radius 1 is 1.44 bits per heavy atom. The fourth-order valence-corrected chi connectivity index (χ4v) is 2.23. The van der Waals surface area contributed by atoms with Gasteiger partial charge in [-0.25, -0.2) is 0 Å². The van der Waals surface area contributed by atoms with Crippen molar-refractivity contribution >= 4 is 5.91 Å². The second kappa shape index (κ2) is 5.07. The van der Waals surface area contributed by atoms with E-state index >= 15 is 0 Å². The zero-order valence-corrected chi connectivity index (χ0v) is 9.30. The second-order valence-corrected chi connectivity index (χ2v) is 4.24. The molecule has 1 aliphatic rings. The van der Waals surface area contributed by atoms with Crippen LogP contribution in [-0.2, 0) is 11.3 Å². The summed E-state index contributed by atoms with van der Waals surface area (Å²) < 4.78 is 0. The minimum atomic E-state index is -0.200. The molecule has 0 bridgehead atoms. The van der Waals surface area contributed by atoms with Crippen LogP contribution in [0.15, 0.2) is 24.5 Å². The lowest BCUT2D eigenvalue weighted by molar-refractivity contribution is -0.124. The number of nitrogens with two attached hydrogens (primary N) is 1. The van der Waals surface area contributed by atoms with Crippen molar-refractivity contribution in [2.75, 3.05) is 6.54 Å². The first-order chi connectivity index (χ1) is 7.77. The predicted molar refractivity (Wildman–Crippen MR) is 61.5 cm³/mol. The van der Waals surface area contributed by atoms with E-state index in [1.807, 2.05) is 12.1 Å². The molecule has 0 aromatic carbocycles. The van der Waals surface area contributed by atoms with Crippen molar-refractivity contribution in [3.05, 3.63) is 30.1 Å². The van der Waals surface area contributed by atoms with Crippen LogP contribution >= 0.6 is 0 Å². The first-order valence-corrected chi connectivity index (χ1v) is 5.69. The van der Waals surface area contributed by atoms with Gasteiger partial charge in [0, 0.05) is 18.9 Å². The molecule has 1 fully saturated rings. The zero-order valence-electron chi connectivity index (χ0n) is 9.30. The molecule has 2 heterocycles. The molecule has 2 rings (SSSR count). The van der Waals surface area contributed by atoms with Gasteiger partial charge in [0.1, 0.15) is 0 Å². The van der Waals surface area contributed by atoms with Crippen LogP contribution in [-0.4, -0.2) is 28.4 Å². The van der Waals surface area contributed by atoms with Crippen LogP contribution in [0.25, 0.3) is 0 Å². The summed E-state index contributed by atoms with van der Waals surface area (Å²) in [6.45, 7) is 1.74. The lowest BCUT2D eigenvalue weighted by Gasteiger charge is -2.33. The van der Waals surface area contributed by atoms with Gasteiger partial charge in [-0.05, 0) is 37.1 Å². The number of likely N-dealkylation sites (tertiary alicyclic amines) is 1. The highest BCUT2D eigenvalue weighted by Gasteiger charge is 2.26. The fraction of sp³-hybridized carbons (Fsp3) is 0.500. The highest BCUT2D eigenvalue weighted by Crippen LogP contribution is 2.19. The molecule has 2 N–H and O–H groups in total. The van der Waals surface area contributed by atoms with E-state index in [2.05, 4.69) is 9.88 Å². The number of aromatic nitrogens is 1. The molecule has 1 aromatic heterocycles. The van der Waals surface area contributed by atoms with Crippen molar-refractivity contribution in [2.24, 2.45) is 5.73 Å². The van der Waals surface area contributed by atoms with Gasteiger partial charge in [0.15, 0.2) is 0 Å². The maximum Gasteiger partial charge on any atom is 0.234 e. The number of rotatable bonds is 3. The van der Waals surface area contributed by atoms with Crippen LogP contribution in [0.1, 0.15) is 24.8 Å². The van der Waals surface area contributed by atoms with Gasteiger partial charge in [-0.1, -0.05) is 6.42 Å². The van der Waals surface area contributed by atoms with Crippen LogP contribution in [0, 0.1) is 0 Å². The Morgan fingerprint density at radius 2 is 2.19 bits per heavy atom. The lowest BCUT2D eigenvalue weighted by atomic mass is 10.0. The van der Waals surface area contributed by atoms with Gasteiger partial charge in [0.25, 0.3) is 0 Å². The van der Waals surface area contributed by atoms with E-state index in [0.717, 1.165) is 32.4 Å². The highest BCUT2D eigenvalue weighted by atomic mass is 16.1. The molecular weight excluding hydrogens is 202 g/mol. The summed E-state index contributed by atoms with van der Waals surface area (Å²) in [5, 5.41) is 0. The summed E-state index contributed by atoms with van der Waals surface area (Å²) in [5.41, 5.74) is 6.60. The Morgan fingerprint density at radius 3 is 2.88 bits per heavy atom. The van der Waals surface area contributed by atoms with Crippen LogP contribution in [0.2, 0.25) is 0 Å². The van der Waals surface area contributed by atoms with E-state index < -0.39 is 0 Å². The number of pyridine rings is 1. The Balaban J connectivity index is 2.04. The molecule has 1 aromatic rings. The van der Waals surface area contributed by atoms with Gasteiger partial charge >= 0.3 is 0 Å². The number of carbonyl (C=O) groups is 1. The number of hydrogen-bond acceptors (Lipinski definition) is 3. The maximum absolute atomic E-state index is 11.3. The van der Waals surface area contributed by atoms with E-state index in [1.165, 1.54) is 5.56 Å². The van der Waals surface area contributed by atoms with Crippen molar-refractivity contribution in [3.63, 3.8) is 0 Å². The summed E-state index contributed by atoms with van der Waals surface area (Å²) >= 11 is 0. The molecule has 0 aliphatic carbocycles. The zero-order chi connectivity index (χ0) is 11.4. The topological polar surface area (TPSA) is 59.2 Å². The minimum absolute atomic E-state index is 0.0954. The van der Waals surface area contributed by atoms with Gasteiger partial charge in [-0.15, -0.1) is 0 Å². The first kappa shape index (κ1) is 11.1. The standard InChI is InChI=1S/C12H17N3O/c13-12(16)11-3-1-2-8-15(11)9-10-4-6-14-7-5-10/h4-7,11H,1-3,8-9H2,(H2,13,16). The number of amides is 1. The summed E-state index contributed by atoms with van der Waals surface area (Å²) in [6, 6.07) is 3.86. The van der Waals surface area contributed by atoms with Gasteiger partial charge < -0.3 is 5.73 Å². The van der Waals surface area contributed by atoms with Crippen molar-refractivity contribution in [1.82, 2.24) is 9.88 Å². The SMILES string of the molecule is NC(=O)C1CCCCN1Cc1ccncc1. The van der Waals surface area contributed by atoms with Crippen LogP contribution in [0.5, 0.6) is 0 Å². The van der Waals surface area contributed by atoms with Crippen LogP contribution in [0.4, 0.5) is 0 Å². The van der Waals surface area contributed by atoms with E-state index in [1.54, 1.807) is 12.4 Å². The Labute approximate surface area is 95.5 Å². The molecule has 0 spiro atoms. The Bertz CT molecular complexity index is 353. The summed E-state index contributed by atoms with van der Waals surface area (Å²) in [4.78, 5) is 17.5. The molecule has 86 valence electrons. The second-order valence-electron chi connectivity index (χ2n) is 4.24. The van der Waals surface area contributed by atoms with E-state index in [0.29, 0.717) is 0 Å². The molecule has 1 unspecified atom stereocenters. The number of hydrogen-bond donors (Lipinski definition) is 1. The van der Waals surface area contributed by atoms with E-state index in [4.69, 9.17) is 5.73 Å². The number of piperidine rings is 1.